The maximum absolute atomic E-state index is 12.6. The minimum absolute atomic E-state index is 0.304. The monoisotopic (exact) mass is 428 g/mol. The number of benzene rings is 3. The number of methoxy groups -OCH3 is 1. The van der Waals surface area contributed by atoms with E-state index < -0.39 is 0 Å². The van der Waals surface area contributed by atoms with Crippen molar-refractivity contribution in [2.45, 2.75) is 13.8 Å². The number of fused-ring (bicyclic) bond motifs is 1. The van der Waals surface area contributed by atoms with E-state index in [2.05, 4.69) is 20.7 Å². The van der Waals surface area contributed by atoms with E-state index in [1.807, 2.05) is 74.5 Å². The first-order valence-electron chi connectivity index (χ1n) is 10.3. The van der Waals surface area contributed by atoms with Gasteiger partial charge in [0.2, 0.25) is 0 Å². The highest BCUT2D eigenvalue weighted by atomic mass is 16.5. The Kier molecular flexibility index (Phi) is 6.17. The summed E-state index contributed by atoms with van der Waals surface area (Å²) in [4.78, 5) is 12.6. The molecule has 7 nitrogen and oxygen atoms in total. The van der Waals surface area contributed by atoms with Gasteiger partial charge in [0, 0.05) is 0 Å². The highest BCUT2D eigenvalue weighted by molar-refractivity contribution is 6.02. The molecule has 0 saturated carbocycles. The summed E-state index contributed by atoms with van der Waals surface area (Å²) in [5.41, 5.74) is 5.90. The molecule has 4 aromatic rings. The zero-order chi connectivity index (χ0) is 22.5. The quantitative estimate of drug-likeness (QED) is 0.327. The molecule has 0 aliphatic heterocycles. The van der Waals surface area contributed by atoms with Crippen molar-refractivity contribution in [3.63, 3.8) is 0 Å². The number of H-pyrrole nitrogens is 1. The lowest BCUT2D eigenvalue weighted by molar-refractivity contribution is 0.0950. The number of carbonyl (C=O) groups excluding carboxylic acids is 1. The van der Waals surface area contributed by atoms with Crippen molar-refractivity contribution in [3.8, 4) is 22.8 Å². The van der Waals surface area contributed by atoms with Gasteiger partial charge in [-0.2, -0.15) is 10.2 Å². The van der Waals surface area contributed by atoms with Crippen LogP contribution in [0.15, 0.2) is 71.8 Å². The van der Waals surface area contributed by atoms with Gasteiger partial charge in [-0.1, -0.05) is 30.3 Å². The Morgan fingerprint density at radius 1 is 1.09 bits per heavy atom. The van der Waals surface area contributed by atoms with Crippen LogP contribution in [0.25, 0.3) is 22.0 Å². The predicted octanol–water partition coefficient (Wildman–Crippen LogP) is 4.79. The van der Waals surface area contributed by atoms with Crippen LogP contribution in [0.1, 0.15) is 29.9 Å². The maximum Gasteiger partial charge on any atom is 0.289 e. The van der Waals surface area contributed by atoms with Crippen molar-refractivity contribution in [2.24, 2.45) is 5.10 Å². The fraction of sp³-hybridized carbons (Fsp3) is 0.160. The van der Waals surface area contributed by atoms with Crippen LogP contribution in [0.2, 0.25) is 0 Å². The molecule has 0 atom stereocenters. The average molecular weight is 428 g/mol. The van der Waals surface area contributed by atoms with Gasteiger partial charge in [-0.25, -0.2) is 5.43 Å². The second-order valence-corrected chi connectivity index (χ2v) is 7.13. The first kappa shape index (κ1) is 21.1. The number of hydrogen-bond acceptors (Lipinski definition) is 5. The van der Waals surface area contributed by atoms with Crippen molar-refractivity contribution in [2.75, 3.05) is 13.7 Å². The second kappa shape index (κ2) is 9.34. The number of amides is 1. The molecule has 1 heterocycles. The zero-order valence-corrected chi connectivity index (χ0v) is 18.2. The van der Waals surface area contributed by atoms with Crippen LogP contribution in [0.4, 0.5) is 0 Å². The molecule has 0 fully saturated rings. The second-order valence-electron chi connectivity index (χ2n) is 7.13. The number of nitrogens with zero attached hydrogens (tertiary/aromatic N) is 2. The van der Waals surface area contributed by atoms with E-state index >= 15 is 0 Å². The molecule has 4 rings (SSSR count). The Hall–Kier alpha value is -4.13. The minimum Gasteiger partial charge on any atom is -0.496 e. The molecule has 1 aromatic heterocycles. The summed E-state index contributed by atoms with van der Waals surface area (Å²) < 4.78 is 11.0. The lowest BCUT2D eigenvalue weighted by Gasteiger charge is -2.09. The number of hydrazone groups is 1. The van der Waals surface area contributed by atoms with Crippen molar-refractivity contribution < 1.29 is 14.3 Å². The highest BCUT2D eigenvalue weighted by Gasteiger charge is 2.16. The van der Waals surface area contributed by atoms with E-state index in [1.54, 1.807) is 13.2 Å². The molecule has 0 spiro atoms. The first-order chi connectivity index (χ1) is 15.6. The smallest absolute Gasteiger partial charge is 0.289 e. The molecule has 0 radical (unpaired) electrons. The summed E-state index contributed by atoms with van der Waals surface area (Å²) in [5.74, 6) is 1.10. The number of hydrogen-bond donors (Lipinski definition) is 2. The minimum atomic E-state index is -0.381. The first-order valence-corrected chi connectivity index (χ1v) is 10.3. The summed E-state index contributed by atoms with van der Waals surface area (Å²) in [5, 5.41) is 13.4. The van der Waals surface area contributed by atoms with E-state index in [4.69, 9.17) is 9.47 Å². The van der Waals surface area contributed by atoms with Crippen molar-refractivity contribution in [3.05, 3.63) is 78.0 Å². The third kappa shape index (κ3) is 4.32. The SMILES string of the molecule is CCOc1ccc(C(C)=NNC(=O)c2cc(-c3c(OC)ccc4ccccc34)n[nH]2)cc1. The van der Waals surface area contributed by atoms with Crippen LogP contribution in [-0.4, -0.2) is 35.5 Å². The van der Waals surface area contributed by atoms with Crippen LogP contribution >= 0.6 is 0 Å². The molecule has 3 aromatic carbocycles. The fourth-order valence-electron chi connectivity index (χ4n) is 3.47. The standard InChI is InChI=1S/C25H24N4O3/c1-4-32-19-12-9-17(10-13-19)16(2)26-29-25(30)22-15-21(27-28-22)24-20-8-6-5-7-18(20)11-14-23(24)31-3/h5-15H,4H2,1-3H3,(H,27,28)(H,29,30). The summed E-state index contributed by atoms with van der Waals surface area (Å²) >= 11 is 0. The van der Waals surface area contributed by atoms with Gasteiger partial charge in [0.05, 0.1) is 30.7 Å². The molecular formula is C25H24N4O3. The molecule has 0 unspecified atom stereocenters. The summed E-state index contributed by atoms with van der Waals surface area (Å²) in [6.45, 7) is 4.38. The molecular weight excluding hydrogens is 404 g/mol. The van der Waals surface area contributed by atoms with Gasteiger partial charge in [-0.05, 0) is 66.6 Å². The average Bonchev–Trinajstić information content (AvgIpc) is 3.32. The van der Waals surface area contributed by atoms with Crippen molar-refractivity contribution in [1.82, 2.24) is 15.6 Å². The van der Waals surface area contributed by atoms with Crippen LogP contribution in [0, 0.1) is 0 Å². The van der Waals surface area contributed by atoms with Gasteiger partial charge < -0.3 is 9.47 Å². The molecule has 32 heavy (non-hydrogen) atoms. The number of aromatic nitrogens is 2. The van der Waals surface area contributed by atoms with E-state index in [0.717, 1.165) is 27.6 Å². The number of carbonyl (C=O) groups is 1. The highest BCUT2D eigenvalue weighted by Crippen LogP contribution is 2.36. The normalized spacial score (nSPS) is 11.4. The van der Waals surface area contributed by atoms with Crippen LogP contribution in [0.3, 0.4) is 0 Å². The topological polar surface area (TPSA) is 88.6 Å². The molecule has 1 amide bonds. The van der Waals surface area contributed by atoms with E-state index in [9.17, 15) is 4.79 Å². The lowest BCUT2D eigenvalue weighted by Crippen LogP contribution is -2.19. The van der Waals surface area contributed by atoms with E-state index in [-0.39, 0.29) is 5.91 Å². The zero-order valence-electron chi connectivity index (χ0n) is 18.2. The van der Waals surface area contributed by atoms with Gasteiger partial charge in [-0.15, -0.1) is 0 Å². The van der Waals surface area contributed by atoms with E-state index in [1.165, 1.54) is 0 Å². The number of rotatable bonds is 7. The summed E-state index contributed by atoms with van der Waals surface area (Å²) in [6, 6.07) is 21.1. The largest absolute Gasteiger partial charge is 0.496 e. The fourth-order valence-corrected chi connectivity index (χ4v) is 3.47. The van der Waals surface area contributed by atoms with Gasteiger partial charge in [0.15, 0.2) is 0 Å². The third-order valence-electron chi connectivity index (χ3n) is 5.10. The van der Waals surface area contributed by atoms with Gasteiger partial charge in [0.25, 0.3) is 5.91 Å². The Balaban J connectivity index is 1.55. The lowest BCUT2D eigenvalue weighted by atomic mass is 10.0. The molecule has 2 N–H and O–H groups in total. The molecule has 7 heteroatoms. The van der Waals surface area contributed by atoms with E-state index in [0.29, 0.717) is 29.5 Å². The molecule has 0 aliphatic carbocycles. The van der Waals surface area contributed by atoms with Crippen molar-refractivity contribution >= 4 is 22.4 Å². The van der Waals surface area contributed by atoms with Crippen LogP contribution in [0.5, 0.6) is 11.5 Å². The Morgan fingerprint density at radius 2 is 1.88 bits per heavy atom. The molecule has 162 valence electrons. The molecule has 0 saturated heterocycles. The Labute approximate surface area is 186 Å². The maximum atomic E-state index is 12.6. The number of ether oxygens (including phenoxy) is 2. The Morgan fingerprint density at radius 3 is 2.62 bits per heavy atom. The van der Waals surface area contributed by atoms with Crippen molar-refractivity contribution in [1.29, 1.82) is 0 Å². The predicted molar refractivity (Wildman–Crippen MR) is 125 cm³/mol. The van der Waals surface area contributed by atoms with Gasteiger partial charge in [-0.3, -0.25) is 9.89 Å². The summed E-state index contributed by atoms with van der Waals surface area (Å²) in [6.07, 6.45) is 0. The Bertz CT molecular complexity index is 1280. The van der Waals surface area contributed by atoms with Crippen LogP contribution in [-0.2, 0) is 0 Å². The molecule has 0 aliphatic rings. The third-order valence-corrected chi connectivity index (χ3v) is 5.10. The number of aromatic amines is 1. The summed E-state index contributed by atoms with van der Waals surface area (Å²) in [7, 11) is 1.62. The molecule has 0 bridgehead atoms. The number of nitrogens with one attached hydrogen (secondary N) is 2. The van der Waals surface area contributed by atoms with Gasteiger partial charge in [0.1, 0.15) is 17.2 Å². The van der Waals surface area contributed by atoms with Gasteiger partial charge >= 0.3 is 0 Å². The van der Waals surface area contributed by atoms with Crippen LogP contribution < -0.4 is 14.9 Å².